The van der Waals surface area contributed by atoms with E-state index < -0.39 is 0 Å². The quantitative estimate of drug-likeness (QED) is 0.465. The van der Waals surface area contributed by atoms with Crippen molar-refractivity contribution in [3.8, 4) is 5.75 Å². The van der Waals surface area contributed by atoms with Crippen molar-refractivity contribution in [2.75, 3.05) is 18.1 Å². The SMILES string of the molecule is Nc1ccc(OCCCSc2ncn[nH]2)cc1. The molecule has 5 nitrogen and oxygen atoms in total. The molecule has 1 aromatic carbocycles. The zero-order valence-electron chi connectivity index (χ0n) is 9.30. The minimum absolute atomic E-state index is 0.686. The first-order valence-corrected chi connectivity index (χ1v) is 6.29. The molecule has 0 spiro atoms. The van der Waals surface area contributed by atoms with Crippen molar-refractivity contribution in [1.82, 2.24) is 15.2 Å². The average Bonchev–Trinajstić information content (AvgIpc) is 2.84. The van der Waals surface area contributed by atoms with Gasteiger partial charge in [-0.05, 0) is 30.7 Å². The second kappa shape index (κ2) is 6.15. The van der Waals surface area contributed by atoms with Crippen LogP contribution in [0, 0.1) is 0 Å². The van der Waals surface area contributed by atoms with E-state index in [4.69, 9.17) is 10.5 Å². The van der Waals surface area contributed by atoms with Gasteiger partial charge in [0.1, 0.15) is 12.1 Å². The van der Waals surface area contributed by atoms with Crippen LogP contribution in [0.25, 0.3) is 0 Å². The van der Waals surface area contributed by atoms with Crippen LogP contribution in [0.2, 0.25) is 0 Å². The van der Waals surface area contributed by atoms with E-state index >= 15 is 0 Å². The Balaban J connectivity index is 1.61. The molecule has 6 heteroatoms. The molecular weight excluding hydrogens is 236 g/mol. The average molecular weight is 250 g/mol. The molecular formula is C11H14N4OS. The number of H-pyrrole nitrogens is 1. The summed E-state index contributed by atoms with van der Waals surface area (Å²) >= 11 is 1.64. The molecule has 0 fully saturated rings. The van der Waals surface area contributed by atoms with Crippen LogP contribution >= 0.6 is 11.8 Å². The summed E-state index contributed by atoms with van der Waals surface area (Å²) in [5.74, 6) is 1.80. The van der Waals surface area contributed by atoms with Crippen LogP contribution in [0.1, 0.15) is 6.42 Å². The minimum Gasteiger partial charge on any atom is -0.494 e. The van der Waals surface area contributed by atoms with Gasteiger partial charge in [-0.3, -0.25) is 5.10 Å². The highest BCUT2D eigenvalue weighted by molar-refractivity contribution is 7.99. The molecule has 17 heavy (non-hydrogen) atoms. The number of nitrogens with zero attached hydrogens (tertiary/aromatic N) is 2. The molecule has 0 saturated carbocycles. The van der Waals surface area contributed by atoms with Gasteiger partial charge in [0.2, 0.25) is 0 Å². The standard InChI is InChI=1S/C11H14N4OS/c12-9-2-4-10(5-3-9)16-6-1-7-17-11-13-8-14-15-11/h2-5,8H,1,6-7,12H2,(H,13,14,15). The second-order valence-electron chi connectivity index (χ2n) is 3.41. The number of ether oxygens (including phenoxy) is 1. The smallest absolute Gasteiger partial charge is 0.183 e. The van der Waals surface area contributed by atoms with E-state index in [1.165, 1.54) is 6.33 Å². The molecule has 0 atom stereocenters. The number of nitrogen functional groups attached to an aromatic ring is 1. The van der Waals surface area contributed by atoms with E-state index in [-0.39, 0.29) is 0 Å². The lowest BCUT2D eigenvalue weighted by Crippen LogP contribution is -1.99. The van der Waals surface area contributed by atoms with Crippen molar-refractivity contribution in [3.63, 3.8) is 0 Å². The zero-order valence-corrected chi connectivity index (χ0v) is 10.1. The van der Waals surface area contributed by atoms with Crippen LogP contribution in [0.15, 0.2) is 35.7 Å². The number of nitrogens with one attached hydrogen (secondary N) is 1. The van der Waals surface area contributed by atoms with Gasteiger partial charge in [-0.25, -0.2) is 4.98 Å². The summed E-state index contributed by atoms with van der Waals surface area (Å²) < 4.78 is 5.57. The van der Waals surface area contributed by atoms with Gasteiger partial charge in [0.05, 0.1) is 6.61 Å². The molecule has 0 amide bonds. The first kappa shape index (κ1) is 11.8. The van der Waals surface area contributed by atoms with Crippen molar-refractivity contribution in [1.29, 1.82) is 0 Å². The number of rotatable bonds is 6. The summed E-state index contributed by atoms with van der Waals surface area (Å²) in [6, 6.07) is 7.41. The van der Waals surface area contributed by atoms with E-state index in [1.54, 1.807) is 11.8 Å². The number of hydrogen-bond donors (Lipinski definition) is 2. The molecule has 90 valence electrons. The van der Waals surface area contributed by atoms with Crippen molar-refractivity contribution in [2.24, 2.45) is 0 Å². The lowest BCUT2D eigenvalue weighted by atomic mass is 10.3. The predicted octanol–water partition coefficient (Wildman–Crippen LogP) is 1.95. The van der Waals surface area contributed by atoms with Crippen molar-refractivity contribution in [2.45, 2.75) is 11.6 Å². The van der Waals surface area contributed by atoms with Gasteiger partial charge in [0.15, 0.2) is 5.16 Å². The Morgan fingerprint density at radius 1 is 1.29 bits per heavy atom. The van der Waals surface area contributed by atoms with Gasteiger partial charge in [0, 0.05) is 11.4 Å². The highest BCUT2D eigenvalue weighted by Gasteiger charge is 1.97. The molecule has 0 aliphatic carbocycles. The Morgan fingerprint density at radius 3 is 2.82 bits per heavy atom. The van der Waals surface area contributed by atoms with Crippen molar-refractivity contribution >= 4 is 17.4 Å². The first-order chi connectivity index (χ1) is 8.34. The van der Waals surface area contributed by atoms with Crippen LogP contribution in [-0.4, -0.2) is 27.5 Å². The lowest BCUT2D eigenvalue weighted by Gasteiger charge is -2.05. The maximum atomic E-state index is 5.58. The maximum Gasteiger partial charge on any atom is 0.183 e. The number of aromatic nitrogens is 3. The molecule has 0 saturated heterocycles. The molecule has 2 rings (SSSR count). The number of benzene rings is 1. The summed E-state index contributed by atoms with van der Waals surface area (Å²) in [5, 5.41) is 7.42. The molecule has 3 N–H and O–H groups in total. The molecule has 0 radical (unpaired) electrons. The van der Waals surface area contributed by atoms with Crippen LogP contribution in [0.4, 0.5) is 5.69 Å². The number of thioether (sulfide) groups is 1. The van der Waals surface area contributed by atoms with Crippen LogP contribution < -0.4 is 10.5 Å². The summed E-state index contributed by atoms with van der Waals surface area (Å²) in [4.78, 5) is 4.02. The van der Waals surface area contributed by atoms with E-state index in [2.05, 4.69) is 15.2 Å². The van der Waals surface area contributed by atoms with E-state index in [9.17, 15) is 0 Å². The summed E-state index contributed by atoms with van der Waals surface area (Å²) in [6.45, 7) is 0.686. The van der Waals surface area contributed by atoms with Crippen molar-refractivity contribution in [3.05, 3.63) is 30.6 Å². The molecule has 1 aromatic heterocycles. The third-order valence-electron chi connectivity index (χ3n) is 2.07. The largest absolute Gasteiger partial charge is 0.494 e. The number of anilines is 1. The highest BCUT2D eigenvalue weighted by Crippen LogP contribution is 2.15. The predicted molar refractivity (Wildman–Crippen MR) is 68.1 cm³/mol. The van der Waals surface area contributed by atoms with Gasteiger partial charge in [-0.15, -0.1) is 0 Å². The molecule has 0 aliphatic rings. The fourth-order valence-electron chi connectivity index (χ4n) is 1.25. The third kappa shape index (κ3) is 3.99. The topological polar surface area (TPSA) is 76.8 Å². The second-order valence-corrected chi connectivity index (χ2v) is 4.49. The molecule has 0 bridgehead atoms. The van der Waals surface area contributed by atoms with Crippen LogP contribution in [-0.2, 0) is 0 Å². The van der Waals surface area contributed by atoms with E-state index in [1.807, 2.05) is 24.3 Å². The fourth-order valence-corrected chi connectivity index (χ4v) is 1.94. The van der Waals surface area contributed by atoms with Crippen molar-refractivity contribution < 1.29 is 4.74 Å². The molecule has 0 aliphatic heterocycles. The lowest BCUT2D eigenvalue weighted by molar-refractivity contribution is 0.319. The fraction of sp³-hybridized carbons (Fsp3) is 0.273. The molecule has 0 unspecified atom stereocenters. The third-order valence-corrected chi connectivity index (χ3v) is 3.03. The Bertz CT molecular complexity index is 429. The number of nitrogens with two attached hydrogens (primary N) is 1. The maximum absolute atomic E-state index is 5.58. The van der Waals surface area contributed by atoms with Gasteiger partial charge in [-0.1, -0.05) is 11.8 Å². The van der Waals surface area contributed by atoms with Gasteiger partial charge < -0.3 is 10.5 Å². The Kier molecular flexibility index (Phi) is 4.26. The summed E-state index contributed by atoms with van der Waals surface area (Å²) in [6.07, 6.45) is 2.46. The summed E-state index contributed by atoms with van der Waals surface area (Å²) in [5.41, 5.74) is 6.33. The number of hydrogen-bond acceptors (Lipinski definition) is 5. The summed E-state index contributed by atoms with van der Waals surface area (Å²) in [7, 11) is 0. The Hall–Kier alpha value is -1.69. The number of aromatic amines is 1. The zero-order chi connectivity index (χ0) is 11.9. The van der Waals surface area contributed by atoms with E-state index in [0.717, 1.165) is 28.8 Å². The monoisotopic (exact) mass is 250 g/mol. The van der Waals surface area contributed by atoms with Crippen LogP contribution in [0.5, 0.6) is 5.75 Å². The van der Waals surface area contributed by atoms with Gasteiger partial charge in [0.25, 0.3) is 0 Å². The van der Waals surface area contributed by atoms with E-state index in [0.29, 0.717) is 6.61 Å². The first-order valence-electron chi connectivity index (χ1n) is 5.31. The van der Waals surface area contributed by atoms with Gasteiger partial charge in [-0.2, -0.15) is 5.10 Å². The molecule has 2 aromatic rings. The van der Waals surface area contributed by atoms with Gasteiger partial charge >= 0.3 is 0 Å². The highest BCUT2D eigenvalue weighted by atomic mass is 32.2. The minimum atomic E-state index is 0.686. The van der Waals surface area contributed by atoms with Crippen LogP contribution in [0.3, 0.4) is 0 Å². The normalized spacial score (nSPS) is 10.4. The Morgan fingerprint density at radius 2 is 2.12 bits per heavy atom. The Labute approximate surface area is 104 Å². The molecule has 1 heterocycles.